The zero-order valence-electron chi connectivity index (χ0n) is 7.69. The highest BCUT2D eigenvalue weighted by Crippen LogP contribution is 2.01. The molecule has 0 heterocycles. The molecule has 0 spiro atoms. The van der Waals surface area contributed by atoms with E-state index in [9.17, 15) is 9.59 Å². The van der Waals surface area contributed by atoms with Gasteiger partial charge in [0.15, 0.2) is 0 Å². The highest BCUT2D eigenvalue weighted by Gasteiger charge is 2.07. The molecule has 13 heavy (non-hydrogen) atoms. The van der Waals surface area contributed by atoms with Gasteiger partial charge in [-0.2, -0.15) is 0 Å². The Labute approximate surface area is 77.2 Å². The standard InChI is InChI=1S/C8H15NO4/c1-2-7(13-6-10)3-4-12-8(11)5-9/h6-7H,2-5,9H2,1H3. The third-order valence-corrected chi connectivity index (χ3v) is 1.57. The Morgan fingerprint density at radius 1 is 1.62 bits per heavy atom. The maximum absolute atomic E-state index is 10.6. The van der Waals surface area contributed by atoms with Gasteiger partial charge in [0, 0.05) is 6.42 Å². The van der Waals surface area contributed by atoms with Crippen LogP contribution in [0.2, 0.25) is 0 Å². The molecule has 0 fully saturated rings. The Bertz CT molecular complexity index is 160. The van der Waals surface area contributed by atoms with E-state index in [4.69, 9.17) is 15.2 Å². The molecule has 0 aliphatic carbocycles. The van der Waals surface area contributed by atoms with Crippen LogP contribution in [0.3, 0.4) is 0 Å². The van der Waals surface area contributed by atoms with Crippen molar-refractivity contribution in [1.29, 1.82) is 0 Å². The van der Waals surface area contributed by atoms with Crippen molar-refractivity contribution >= 4 is 12.4 Å². The maximum atomic E-state index is 10.6. The van der Waals surface area contributed by atoms with Crippen molar-refractivity contribution in [2.75, 3.05) is 13.2 Å². The van der Waals surface area contributed by atoms with Crippen molar-refractivity contribution in [1.82, 2.24) is 0 Å². The zero-order chi connectivity index (χ0) is 10.1. The maximum Gasteiger partial charge on any atom is 0.319 e. The van der Waals surface area contributed by atoms with E-state index < -0.39 is 5.97 Å². The van der Waals surface area contributed by atoms with Crippen LogP contribution in [0, 0.1) is 0 Å². The molecule has 0 aromatic rings. The van der Waals surface area contributed by atoms with E-state index >= 15 is 0 Å². The van der Waals surface area contributed by atoms with Crippen molar-refractivity contribution < 1.29 is 19.1 Å². The molecule has 1 unspecified atom stereocenters. The number of ether oxygens (including phenoxy) is 2. The number of hydrogen-bond acceptors (Lipinski definition) is 5. The van der Waals surface area contributed by atoms with Gasteiger partial charge in [0.25, 0.3) is 6.47 Å². The summed E-state index contributed by atoms with van der Waals surface area (Å²) in [5.41, 5.74) is 5.02. The fourth-order valence-corrected chi connectivity index (χ4v) is 0.810. The first-order valence-electron chi connectivity index (χ1n) is 4.19. The van der Waals surface area contributed by atoms with Crippen molar-refractivity contribution in [3.05, 3.63) is 0 Å². The second-order valence-electron chi connectivity index (χ2n) is 2.48. The second kappa shape index (κ2) is 7.54. The Kier molecular flexibility index (Phi) is 6.91. The average molecular weight is 189 g/mol. The first-order valence-corrected chi connectivity index (χ1v) is 4.19. The van der Waals surface area contributed by atoms with Gasteiger partial charge < -0.3 is 15.2 Å². The first-order chi connectivity index (χ1) is 6.24. The van der Waals surface area contributed by atoms with Crippen molar-refractivity contribution in [2.24, 2.45) is 5.73 Å². The molecular weight excluding hydrogens is 174 g/mol. The molecule has 0 saturated carbocycles. The molecule has 5 heteroatoms. The van der Waals surface area contributed by atoms with Gasteiger partial charge >= 0.3 is 5.97 Å². The lowest BCUT2D eigenvalue weighted by Crippen LogP contribution is -2.20. The Hall–Kier alpha value is -1.10. The van der Waals surface area contributed by atoms with Crippen LogP contribution in [-0.2, 0) is 19.1 Å². The number of rotatable bonds is 7. The summed E-state index contributed by atoms with van der Waals surface area (Å²) in [5.74, 6) is -0.444. The molecule has 0 bridgehead atoms. The minimum Gasteiger partial charge on any atom is -0.465 e. The number of esters is 1. The van der Waals surface area contributed by atoms with Crippen molar-refractivity contribution in [3.8, 4) is 0 Å². The monoisotopic (exact) mass is 189 g/mol. The smallest absolute Gasteiger partial charge is 0.319 e. The van der Waals surface area contributed by atoms with Gasteiger partial charge in [-0.15, -0.1) is 0 Å². The lowest BCUT2D eigenvalue weighted by Gasteiger charge is -2.12. The van der Waals surface area contributed by atoms with Gasteiger partial charge in [0.2, 0.25) is 0 Å². The molecule has 0 aliphatic rings. The highest BCUT2D eigenvalue weighted by atomic mass is 16.5. The van der Waals surface area contributed by atoms with Gasteiger partial charge in [-0.25, -0.2) is 0 Å². The van der Waals surface area contributed by atoms with Crippen LogP contribution in [0.15, 0.2) is 0 Å². The van der Waals surface area contributed by atoms with Gasteiger partial charge in [0.05, 0.1) is 13.2 Å². The van der Waals surface area contributed by atoms with E-state index in [1.807, 2.05) is 6.92 Å². The Morgan fingerprint density at radius 3 is 2.77 bits per heavy atom. The molecular formula is C8H15NO4. The lowest BCUT2D eigenvalue weighted by molar-refractivity contribution is -0.143. The average Bonchev–Trinajstić information content (AvgIpc) is 2.16. The summed E-state index contributed by atoms with van der Waals surface area (Å²) in [6.45, 7) is 2.41. The Balaban J connectivity index is 3.48. The molecule has 0 rings (SSSR count). The van der Waals surface area contributed by atoms with Crippen LogP contribution >= 0.6 is 0 Å². The predicted molar refractivity (Wildman–Crippen MR) is 45.9 cm³/mol. The minimum atomic E-state index is -0.444. The summed E-state index contributed by atoms with van der Waals surface area (Å²) in [7, 11) is 0. The third kappa shape index (κ3) is 6.10. The van der Waals surface area contributed by atoms with Crippen LogP contribution < -0.4 is 5.73 Å². The molecule has 0 radical (unpaired) electrons. The summed E-state index contributed by atoms with van der Waals surface area (Å²) in [6.07, 6.45) is 1.04. The van der Waals surface area contributed by atoms with Gasteiger partial charge in [-0.05, 0) is 6.42 Å². The number of carbonyl (C=O) groups excluding carboxylic acids is 2. The van der Waals surface area contributed by atoms with E-state index in [0.29, 0.717) is 19.3 Å². The summed E-state index contributed by atoms with van der Waals surface area (Å²) >= 11 is 0. The minimum absolute atomic E-state index is 0.120. The molecule has 0 aromatic carbocycles. The molecule has 1 atom stereocenters. The van der Waals surface area contributed by atoms with E-state index in [2.05, 4.69) is 0 Å². The van der Waals surface area contributed by atoms with Crippen LogP contribution in [0.5, 0.6) is 0 Å². The van der Waals surface area contributed by atoms with Crippen LogP contribution in [0.4, 0.5) is 0 Å². The van der Waals surface area contributed by atoms with Crippen LogP contribution in [0.1, 0.15) is 19.8 Å². The summed E-state index contributed by atoms with van der Waals surface area (Å²) in [6, 6.07) is 0. The molecule has 76 valence electrons. The SMILES string of the molecule is CCC(CCOC(=O)CN)OC=O. The third-order valence-electron chi connectivity index (χ3n) is 1.57. The van der Waals surface area contributed by atoms with Gasteiger partial charge in [0.1, 0.15) is 6.10 Å². The van der Waals surface area contributed by atoms with Crippen molar-refractivity contribution in [2.45, 2.75) is 25.9 Å². The summed E-state index contributed by atoms with van der Waals surface area (Å²) in [5, 5.41) is 0. The van der Waals surface area contributed by atoms with E-state index in [1.54, 1.807) is 0 Å². The molecule has 2 N–H and O–H groups in total. The molecule has 0 aliphatic heterocycles. The lowest BCUT2D eigenvalue weighted by atomic mass is 10.2. The van der Waals surface area contributed by atoms with E-state index in [0.717, 1.165) is 0 Å². The van der Waals surface area contributed by atoms with E-state index in [1.165, 1.54) is 0 Å². The molecule has 0 aromatic heterocycles. The normalized spacial score (nSPS) is 11.8. The second-order valence-corrected chi connectivity index (χ2v) is 2.48. The molecule has 0 amide bonds. The quantitative estimate of drug-likeness (QED) is 0.444. The summed E-state index contributed by atoms with van der Waals surface area (Å²) in [4.78, 5) is 20.6. The van der Waals surface area contributed by atoms with Gasteiger partial charge in [-0.3, -0.25) is 9.59 Å². The Morgan fingerprint density at radius 2 is 2.31 bits per heavy atom. The van der Waals surface area contributed by atoms with Gasteiger partial charge in [-0.1, -0.05) is 6.92 Å². The zero-order valence-corrected chi connectivity index (χ0v) is 7.69. The number of nitrogens with two attached hydrogens (primary N) is 1. The van der Waals surface area contributed by atoms with Crippen LogP contribution in [-0.4, -0.2) is 31.7 Å². The first kappa shape index (κ1) is 11.9. The van der Waals surface area contributed by atoms with E-state index in [-0.39, 0.29) is 19.3 Å². The molecule has 5 nitrogen and oxygen atoms in total. The molecule has 0 saturated heterocycles. The number of hydrogen-bond donors (Lipinski definition) is 1. The summed E-state index contributed by atoms with van der Waals surface area (Å²) < 4.78 is 9.41. The highest BCUT2D eigenvalue weighted by molar-refractivity contribution is 5.71. The van der Waals surface area contributed by atoms with Crippen molar-refractivity contribution in [3.63, 3.8) is 0 Å². The number of carbonyl (C=O) groups is 2. The topological polar surface area (TPSA) is 78.6 Å². The fraction of sp³-hybridized carbons (Fsp3) is 0.750. The fourth-order valence-electron chi connectivity index (χ4n) is 0.810. The predicted octanol–water partition coefficient (Wildman–Crippen LogP) is -0.170. The largest absolute Gasteiger partial charge is 0.465 e. The van der Waals surface area contributed by atoms with Crippen LogP contribution in [0.25, 0.3) is 0 Å².